The van der Waals surface area contributed by atoms with Gasteiger partial charge in [0.15, 0.2) is 6.10 Å². The van der Waals surface area contributed by atoms with Gasteiger partial charge < -0.3 is 36.3 Å². The number of carbonyl (C=O) groups is 1. The Bertz CT molecular complexity index is 508. The highest BCUT2D eigenvalue weighted by molar-refractivity contribution is 5.80. The van der Waals surface area contributed by atoms with Gasteiger partial charge >= 0.3 is 0 Å². The van der Waals surface area contributed by atoms with Crippen LogP contribution in [0.4, 0.5) is 0 Å². The summed E-state index contributed by atoms with van der Waals surface area (Å²) in [5.74, 6) is -0.883. The molecule has 1 aliphatic heterocycles. The van der Waals surface area contributed by atoms with Crippen LogP contribution in [0.1, 0.15) is 34.1 Å². The molecule has 4 unspecified atom stereocenters. The van der Waals surface area contributed by atoms with E-state index in [9.17, 15) is 25.2 Å². The summed E-state index contributed by atoms with van der Waals surface area (Å²) in [6, 6.07) is 0. The van der Waals surface area contributed by atoms with Gasteiger partial charge in [0.25, 0.3) is 5.91 Å². The van der Waals surface area contributed by atoms with E-state index in [0.717, 1.165) is 10.7 Å². The van der Waals surface area contributed by atoms with E-state index < -0.39 is 36.9 Å². The minimum absolute atomic E-state index is 0.204. The lowest BCUT2D eigenvalue weighted by atomic mass is 9.86. The summed E-state index contributed by atoms with van der Waals surface area (Å²) < 4.78 is 0. The second kappa shape index (κ2) is 7.98. The van der Waals surface area contributed by atoms with E-state index in [1.54, 1.807) is 0 Å². The number of amides is 1. The quantitative estimate of drug-likeness (QED) is 0.253. The van der Waals surface area contributed by atoms with Crippen LogP contribution in [0.2, 0.25) is 0 Å². The van der Waals surface area contributed by atoms with Crippen molar-refractivity contribution in [1.29, 1.82) is 0 Å². The molecule has 1 rings (SSSR count). The lowest BCUT2D eigenvalue weighted by Gasteiger charge is -2.42. The van der Waals surface area contributed by atoms with Crippen LogP contribution >= 0.6 is 0 Å². The number of aliphatic hydroxyl groups is 5. The van der Waals surface area contributed by atoms with E-state index in [1.807, 2.05) is 33.8 Å². The molecule has 0 saturated carbocycles. The Labute approximate surface area is 147 Å². The van der Waals surface area contributed by atoms with Crippen molar-refractivity contribution >= 4 is 5.91 Å². The number of hydrogen-bond donors (Lipinski definition) is 7. The Morgan fingerprint density at radius 2 is 1.80 bits per heavy atom. The van der Waals surface area contributed by atoms with Gasteiger partial charge in [-0.3, -0.25) is 9.80 Å². The summed E-state index contributed by atoms with van der Waals surface area (Å²) >= 11 is 0. The van der Waals surface area contributed by atoms with Crippen LogP contribution in [0.25, 0.3) is 0 Å². The highest BCUT2D eigenvalue weighted by atomic mass is 16.4. The molecule has 0 saturated heterocycles. The van der Waals surface area contributed by atoms with E-state index in [2.05, 4.69) is 10.7 Å². The van der Waals surface area contributed by atoms with Gasteiger partial charge in [0.2, 0.25) is 0 Å². The van der Waals surface area contributed by atoms with E-state index in [1.165, 1.54) is 7.05 Å². The molecule has 1 amide bonds. The predicted molar refractivity (Wildman–Crippen MR) is 91.0 cm³/mol. The van der Waals surface area contributed by atoms with Crippen molar-refractivity contribution in [3.8, 4) is 0 Å². The van der Waals surface area contributed by atoms with Crippen LogP contribution < -0.4 is 10.7 Å². The van der Waals surface area contributed by atoms with Crippen LogP contribution in [-0.2, 0) is 4.79 Å². The molecule has 7 N–H and O–H groups in total. The van der Waals surface area contributed by atoms with Gasteiger partial charge in [-0.15, -0.1) is 0 Å². The van der Waals surface area contributed by atoms with Crippen LogP contribution in [0.3, 0.4) is 0 Å². The maximum atomic E-state index is 12.3. The zero-order chi connectivity index (χ0) is 19.6. The third-order valence-electron chi connectivity index (χ3n) is 3.98. The lowest BCUT2D eigenvalue weighted by molar-refractivity contribution is -0.159. The van der Waals surface area contributed by atoms with Gasteiger partial charge in [0.1, 0.15) is 18.3 Å². The summed E-state index contributed by atoms with van der Waals surface area (Å²) in [7, 11) is 1.38. The first-order valence-electron chi connectivity index (χ1n) is 8.18. The van der Waals surface area contributed by atoms with Gasteiger partial charge in [-0.2, -0.15) is 0 Å². The van der Waals surface area contributed by atoms with Crippen LogP contribution in [0.5, 0.6) is 0 Å². The Morgan fingerprint density at radius 3 is 2.28 bits per heavy atom. The van der Waals surface area contributed by atoms with Crippen molar-refractivity contribution in [2.45, 2.75) is 69.6 Å². The van der Waals surface area contributed by atoms with E-state index in [0.29, 0.717) is 6.42 Å². The Morgan fingerprint density at radius 1 is 1.24 bits per heavy atom. The minimum atomic E-state index is -1.96. The van der Waals surface area contributed by atoms with E-state index in [-0.39, 0.29) is 11.1 Å². The third kappa shape index (κ3) is 5.91. The minimum Gasteiger partial charge on any atom is -0.394 e. The van der Waals surface area contributed by atoms with Crippen molar-refractivity contribution < 1.29 is 30.3 Å². The molecule has 4 atom stereocenters. The first kappa shape index (κ1) is 21.8. The number of nitrogens with one attached hydrogen (secondary N) is 2. The van der Waals surface area contributed by atoms with Gasteiger partial charge in [0, 0.05) is 30.2 Å². The number of rotatable bonds is 7. The van der Waals surface area contributed by atoms with Crippen LogP contribution in [0, 0.1) is 0 Å². The molecule has 146 valence electrons. The molecule has 0 spiro atoms. The van der Waals surface area contributed by atoms with Crippen LogP contribution in [-0.4, -0.2) is 85.6 Å². The fourth-order valence-corrected chi connectivity index (χ4v) is 3.12. The lowest BCUT2D eigenvalue weighted by Crippen LogP contribution is -2.58. The number of nitrogens with zero attached hydrogens (tertiary/aromatic N) is 1. The molecular formula is C16H31N3O6. The molecule has 0 aromatic rings. The molecule has 0 aliphatic carbocycles. The highest BCUT2D eigenvalue weighted by Crippen LogP contribution is 2.26. The van der Waals surface area contributed by atoms with Crippen molar-refractivity contribution in [3.63, 3.8) is 0 Å². The van der Waals surface area contributed by atoms with Crippen molar-refractivity contribution in [2.75, 3.05) is 13.7 Å². The molecule has 25 heavy (non-hydrogen) atoms. The summed E-state index contributed by atoms with van der Waals surface area (Å²) in [6.45, 7) is 7.22. The molecule has 0 aromatic carbocycles. The summed E-state index contributed by atoms with van der Waals surface area (Å²) in [5, 5.41) is 51.9. The molecule has 0 bridgehead atoms. The van der Waals surface area contributed by atoms with Crippen LogP contribution in [0.15, 0.2) is 11.8 Å². The average molecular weight is 361 g/mol. The normalized spacial score (nSPS) is 23.8. The Hall–Kier alpha value is -1.23. The van der Waals surface area contributed by atoms with E-state index in [4.69, 9.17) is 5.11 Å². The first-order chi connectivity index (χ1) is 11.3. The monoisotopic (exact) mass is 361 g/mol. The molecule has 1 heterocycles. The average Bonchev–Trinajstić information content (AvgIpc) is 2.47. The highest BCUT2D eigenvalue weighted by Gasteiger charge is 2.37. The molecule has 9 heteroatoms. The summed E-state index contributed by atoms with van der Waals surface area (Å²) in [6.07, 6.45) is -4.88. The maximum absolute atomic E-state index is 12.3. The second-order valence-corrected chi connectivity index (χ2v) is 7.76. The van der Waals surface area contributed by atoms with Crippen molar-refractivity contribution in [1.82, 2.24) is 15.8 Å². The van der Waals surface area contributed by atoms with Gasteiger partial charge in [-0.05, 0) is 33.8 Å². The number of likely N-dealkylation sites (N-methyl/N-ethyl adjacent to an activating group) is 1. The predicted octanol–water partition coefficient (Wildman–Crippen LogP) is -2.18. The summed E-state index contributed by atoms with van der Waals surface area (Å²) in [4.78, 5) is 12.3. The summed E-state index contributed by atoms with van der Waals surface area (Å²) in [5.41, 5.74) is 3.15. The van der Waals surface area contributed by atoms with E-state index >= 15 is 0 Å². The second-order valence-electron chi connectivity index (χ2n) is 7.76. The molecule has 0 aromatic heterocycles. The first-order valence-corrected chi connectivity index (χ1v) is 8.18. The smallest absolute Gasteiger partial charge is 0.272 e. The van der Waals surface area contributed by atoms with Gasteiger partial charge in [-0.1, -0.05) is 0 Å². The molecule has 0 radical (unpaired) electrons. The zero-order valence-electron chi connectivity index (χ0n) is 15.4. The molecular weight excluding hydrogens is 330 g/mol. The molecule has 1 aliphatic rings. The van der Waals surface area contributed by atoms with Crippen molar-refractivity contribution in [3.05, 3.63) is 11.8 Å². The number of carbonyl (C=O) groups excluding carboxylic acids is 1. The van der Waals surface area contributed by atoms with Crippen molar-refractivity contribution in [2.24, 2.45) is 0 Å². The zero-order valence-corrected chi connectivity index (χ0v) is 15.4. The number of aliphatic hydroxyl groups excluding tert-OH is 5. The topological polar surface area (TPSA) is 146 Å². The Balaban J connectivity index is 2.78. The number of hydrogen-bond acceptors (Lipinski definition) is 8. The molecule has 9 nitrogen and oxygen atoms in total. The fraction of sp³-hybridized carbons (Fsp3) is 0.812. The Kier molecular flexibility index (Phi) is 6.96. The maximum Gasteiger partial charge on any atom is 0.272 e. The third-order valence-corrected chi connectivity index (χ3v) is 3.98. The number of hydrazine groups is 1. The standard InChI is InChI=1S/C16H31N3O6/c1-15(2)6-9(7-16(3,4)18-15)17-19(5)14(25)13(24)12(23)11(22)10(21)8-20/h6,10-13,17-18,20-24H,7-8H2,1-5H3. The van der Waals surface area contributed by atoms with Gasteiger partial charge in [0.05, 0.1) is 6.61 Å². The largest absolute Gasteiger partial charge is 0.394 e. The fourth-order valence-electron chi connectivity index (χ4n) is 3.12. The SMILES string of the molecule is CN(NC1=CC(C)(C)NC(C)(C)C1)C(=O)C(O)C(O)C(O)C(O)CO. The van der Waals surface area contributed by atoms with Gasteiger partial charge in [-0.25, -0.2) is 0 Å². The molecule has 0 fully saturated rings.